The Bertz CT molecular complexity index is 546. The minimum Gasteiger partial charge on any atom is -0.379 e. The molecule has 1 aromatic rings. The van der Waals surface area contributed by atoms with Crippen LogP contribution in [-0.4, -0.2) is 43.2 Å². The zero-order valence-corrected chi connectivity index (χ0v) is 15.3. The van der Waals surface area contributed by atoms with Gasteiger partial charge >= 0.3 is 0 Å². The van der Waals surface area contributed by atoms with Gasteiger partial charge in [-0.15, -0.1) is 0 Å². The van der Waals surface area contributed by atoms with Crippen LogP contribution in [0.3, 0.4) is 0 Å². The molecule has 5 heteroatoms. The van der Waals surface area contributed by atoms with Crippen LogP contribution >= 0.6 is 0 Å². The first-order chi connectivity index (χ1) is 12.3. The van der Waals surface area contributed by atoms with Crippen LogP contribution in [0.4, 0.5) is 0 Å². The molecule has 0 bridgehead atoms. The molecule has 3 rings (SSSR count). The standard InChI is InChI=1S/C20H32N4O/c21-20(23-19-8-3-1-2-4-9-19)22-15-17-6-5-7-18(14-17)16-24-10-12-25-13-11-24/h5-7,14,19H,1-4,8-13,15-16H2,(H3,21,22,23). The fourth-order valence-electron chi connectivity index (χ4n) is 3.70. The molecule has 2 fully saturated rings. The maximum Gasteiger partial charge on any atom is 0.189 e. The lowest BCUT2D eigenvalue weighted by Gasteiger charge is -2.26. The van der Waals surface area contributed by atoms with E-state index in [1.165, 1.54) is 49.7 Å². The number of nitrogens with two attached hydrogens (primary N) is 1. The lowest BCUT2D eigenvalue weighted by molar-refractivity contribution is 0.0342. The average Bonchev–Trinajstić information content (AvgIpc) is 2.90. The van der Waals surface area contributed by atoms with Gasteiger partial charge in [-0.1, -0.05) is 49.9 Å². The highest BCUT2D eigenvalue weighted by atomic mass is 16.5. The number of hydrogen-bond donors (Lipinski definition) is 2. The van der Waals surface area contributed by atoms with Crippen molar-refractivity contribution in [3.05, 3.63) is 35.4 Å². The normalized spacial score (nSPS) is 21.0. The highest BCUT2D eigenvalue weighted by Crippen LogP contribution is 2.17. The summed E-state index contributed by atoms with van der Waals surface area (Å²) in [5, 5.41) is 3.42. The van der Waals surface area contributed by atoms with Crippen LogP contribution < -0.4 is 11.1 Å². The average molecular weight is 345 g/mol. The lowest BCUT2D eigenvalue weighted by Crippen LogP contribution is -2.39. The number of ether oxygens (including phenoxy) is 1. The van der Waals surface area contributed by atoms with Crippen molar-refractivity contribution in [3.63, 3.8) is 0 Å². The number of benzene rings is 1. The van der Waals surface area contributed by atoms with E-state index in [1.54, 1.807) is 0 Å². The first kappa shape index (κ1) is 18.2. The number of nitrogens with one attached hydrogen (secondary N) is 1. The van der Waals surface area contributed by atoms with E-state index in [0.29, 0.717) is 18.5 Å². The van der Waals surface area contributed by atoms with Gasteiger partial charge in [-0.2, -0.15) is 0 Å². The molecule has 1 saturated heterocycles. The fraction of sp³-hybridized carbons (Fsp3) is 0.650. The molecule has 1 heterocycles. The van der Waals surface area contributed by atoms with Crippen molar-refractivity contribution in [3.8, 4) is 0 Å². The smallest absolute Gasteiger partial charge is 0.189 e. The molecule has 1 saturated carbocycles. The fourth-order valence-corrected chi connectivity index (χ4v) is 3.70. The van der Waals surface area contributed by atoms with Crippen LogP contribution in [0, 0.1) is 0 Å². The molecule has 25 heavy (non-hydrogen) atoms. The first-order valence-electron chi connectivity index (χ1n) is 9.74. The minimum atomic E-state index is 0.499. The van der Waals surface area contributed by atoms with Gasteiger partial charge < -0.3 is 15.8 Å². The van der Waals surface area contributed by atoms with Gasteiger partial charge in [0, 0.05) is 25.7 Å². The van der Waals surface area contributed by atoms with Crippen LogP contribution in [0.15, 0.2) is 29.3 Å². The van der Waals surface area contributed by atoms with Crippen LogP contribution in [0.2, 0.25) is 0 Å². The monoisotopic (exact) mass is 344 g/mol. The Kier molecular flexibility index (Phi) is 7.12. The number of nitrogens with zero attached hydrogens (tertiary/aromatic N) is 2. The Hall–Kier alpha value is -1.59. The summed E-state index contributed by atoms with van der Waals surface area (Å²) < 4.78 is 5.42. The van der Waals surface area contributed by atoms with Gasteiger partial charge in [-0.3, -0.25) is 4.90 Å². The molecule has 1 aromatic carbocycles. The second-order valence-electron chi connectivity index (χ2n) is 7.24. The maximum atomic E-state index is 6.11. The molecule has 0 unspecified atom stereocenters. The van der Waals surface area contributed by atoms with E-state index in [9.17, 15) is 0 Å². The third-order valence-electron chi connectivity index (χ3n) is 5.14. The van der Waals surface area contributed by atoms with Gasteiger partial charge in [-0.05, 0) is 24.0 Å². The summed E-state index contributed by atoms with van der Waals surface area (Å²) in [6.45, 7) is 5.33. The maximum absolute atomic E-state index is 6.11. The van der Waals surface area contributed by atoms with Crippen molar-refractivity contribution in [1.29, 1.82) is 0 Å². The number of rotatable bonds is 5. The SMILES string of the molecule is NC(=NCc1cccc(CN2CCOCC2)c1)NC1CCCCCC1. The molecule has 0 amide bonds. The van der Waals surface area contributed by atoms with Crippen molar-refractivity contribution in [1.82, 2.24) is 10.2 Å². The van der Waals surface area contributed by atoms with Gasteiger partial charge in [0.25, 0.3) is 0 Å². The highest BCUT2D eigenvalue weighted by molar-refractivity contribution is 5.78. The highest BCUT2D eigenvalue weighted by Gasteiger charge is 2.13. The molecular formula is C20H32N4O. The molecular weight excluding hydrogens is 312 g/mol. The minimum absolute atomic E-state index is 0.499. The van der Waals surface area contributed by atoms with E-state index in [1.807, 2.05) is 0 Å². The van der Waals surface area contributed by atoms with E-state index < -0.39 is 0 Å². The molecule has 0 radical (unpaired) electrons. The van der Waals surface area contributed by atoms with E-state index in [-0.39, 0.29) is 0 Å². The second-order valence-corrected chi connectivity index (χ2v) is 7.24. The van der Waals surface area contributed by atoms with Crippen LogP contribution in [0.5, 0.6) is 0 Å². The summed E-state index contributed by atoms with van der Waals surface area (Å²) in [6, 6.07) is 9.19. The van der Waals surface area contributed by atoms with Crippen molar-refractivity contribution < 1.29 is 4.74 Å². The topological polar surface area (TPSA) is 62.9 Å². The number of morpholine rings is 1. The first-order valence-corrected chi connectivity index (χ1v) is 9.74. The number of aliphatic imine (C=N–C) groups is 1. The molecule has 0 spiro atoms. The van der Waals surface area contributed by atoms with Crippen LogP contribution in [-0.2, 0) is 17.8 Å². The second kappa shape index (κ2) is 9.78. The number of hydrogen-bond acceptors (Lipinski definition) is 3. The Morgan fingerprint density at radius 2 is 1.84 bits per heavy atom. The zero-order valence-electron chi connectivity index (χ0n) is 15.3. The van der Waals surface area contributed by atoms with Gasteiger partial charge in [0.15, 0.2) is 5.96 Å². The number of guanidine groups is 1. The van der Waals surface area contributed by atoms with Crippen molar-refractivity contribution >= 4 is 5.96 Å². The van der Waals surface area contributed by atoms with E-state index in [2.05, 4.69) is 39.5 Å². The molecule has 1 aliphatic heterocycles. The quantitative estimate of drug-likeness (QED) is 0.490. The summed E-state index contributed by atoms with van der Waals surface area (Å²) in [4.78, 5) is 7.00. The summed E-state index contributed by atoms with van der Waals surface area (Å²) in [6.07, 6.45) is 7.73. The predicted octanol–water partition coefficient (Wildman–Crippen LogP) is 2.65. The lowest BCUT2D eigenvalue weighted by atomic mass is 10.1. The van der Waals surface area contributed by atoms with E-state index in [4.69, 9.17) is 10.5 Å². The van der Waals surface area contributed by atoms with Gasteiger partial charge in [0.2, 0.25) is 0 Å². The Morgan fingerprint density at radius 3 is 2.60 bits per heavy atom. The molecule has 1 aliphatic carbocycles. The third kappa shape index (κ3) is 6.33. The van der Waals surface area contributed by atoms with Crippen molar-refractivity contribution in [2.45, 2.75) is 57.7 Å². The van der Waals surface area contributed by atoms with E-state index in [0.717, 1.165) is 32.8 Å². The zero-order chi connectivity index (χ0) is 17.3. The van der Waals surface area contributed by atoms with Crippen LogP contribution in [0.1, 0.15) is 49.7 Å². The van der Waals surface area contributed by atoms with Gasteiger partial charge in [0.1, 0.15) is 0 Å². The molecule has 138 valence electrons. The summed E-state index contributed by atoms with van der Waals surface area (Å²) in [5.74, 6) is 0.588. The summed E-state index contributed by atoms with van der Waals surface area (Å²) in [7, 11) is 0. The summed E-state index contributed by atoms with van der Waals surface area (Å²) >= 11 is 0. The predicted molar refractivity (Wildman–Crippen MR) is 102 cm³/mol. The molecule has 0 aromatic heterocycles. The molecule has 2 aliphatic rings. The molecule has 5 nitrogen and oxygen atoms in total. The van der Waals surface area contributed by atoms with Gasteiger partial charge in [-0.25, -0.2) is 4.99 Å². The molecule has 3 N–H and O–H groups in total. The largest absolute Gasteiger partial charge is 0.379 e. The van der Waals surface area contributed by atoms with Crippen molar-refractivity contribution in [2.75, 3.05) is 26.3 Å². The molecule has 0 atom stereocenters. The Labute approximate surface area is 151 Å². The summed E-state index contributed by atoms with van der Waals surface area (Å²) in [5.41, 5.74) is 8.66. The third-order valence-corrected chi connectivity index (χ3v) is 5.14. The Morgan fingerprint density at radius 1 is 1.12 bits per heavy atom. The van der Waals surface area contributed by atoms with Gasteiger partial charge in [0.05, 0.1) is 19.8 Å². The van der Waals surface area contributed by atoms with E-state index >= 15 is 0 Å². The van der Waals surface area contributed by atoms with Crippen molar-refractivity contribution in [2.24, 2.45) is 10.7 Å². The van der Waals surface area contributed by atoms with Crippen LogP contribution in [0.25, 0.3) is 0 Å². The Balaban J connectivity index is 1.50.